The predicted molar refractivity (Wildman–Crippen MR) is 86.3 cm³/mol. The summed E-state index contributed by atoms with van der Waals surface area (Å²) in [6.07, 6.45) is 0. The normalized spacial score (nSPS) is 11.1. The second-order valence-corrected chi connectivity index (χ2v) is 6.90. The Balaban J connectivity index is 2.55. The van der Waals surface area contributed by atoms with Gasteiger partial charge in [-0.1, -0.05) is 12.1 Å². The molecule has 6 nitrogen and oxygen atoms in total. The summed E-state index contributed by atoms with van der Waals surface area (Å²) in [6, 6.07) is 9.54. The molecule has 0 heterocycles. The number of benzene rings is 2. The van der Waals surface area contributed by atoms with Crippen molar-refractivity contribution in [3.05, 3.63) is 53.8 Å². The van der Waals surface area contributed by atoms with Crippen LogP contribution in [0, 0.1) is 12.7 Å². The first-order valence-electron chi connectivity index (χ1n) is 6.90. The molecule has 128 valence electrons. The van der Waals surface area contributed by atoms with E-state index >= 15 is 0 Å². The Kier molecular flexibility index (Phi) is 5.08. The van der Waals surface area contributed by atoms with Gasteiger partial charge < -0.3 is 9.84 Å². The molecular formula is C16H16FNO5S. The van der Waals surface area contributed by atoms with Crippen LogP contribution in [-0.2, 0) is 14.8 Å². The second-order valence-electron chi connectivity index (χ2n) is 5.04. The summed E-state index contributed by atoms with van der Waals surface area (Å²) in [7, 11) is -3.00. The third-order valence-electron chi connectivity index (χ3n) is 3.28. The smallest absolute Gasteiger partial charge is 0.324 e. The van der Waals surface area contributed by atoms with Crippen molar-refractivity contribution in [2.24, 2.45) is 0 Å². The van der Waals surface area contributed by atoms with E-state index in [1.807, 2.05) is 0 Å². The molecule has 0 aliphatic heterocycles. The van der Waals surface area contributed by atoms with E-state index in [0.29, 0.717) is 0 Å². The van der Waals surface area contributed by atoms with Gasteiger partial charge in [0.05, 0.1) is 17.7 Å². The number of carboxylic acids is 1. The van der Waals surface area contributed by atoms with Crippen molar-refractivity contribution in [2.75, 3.05) is 18.0 Å². The summed E-state index contributed by atoms with van der Waals surface area (Å²) in [6.45, 7) is 0.974. The highest BCUT2D eigenvalue weighted by molar-refractivity contribution is 7.92. The Hall–Kier alpha value is -2.61. The van der Waals surface area contributed by atoms with Crippen LogP contribution in [0.1, 0.15) is 5.56 Å². The lowest BCUT2D eigenvalue weighted by Gasteiger charge is -2.23. The number of aliphatic carboxylic acids is 1. The molecule has 0 atom stereocenters. The molecule has 24 heavy (non-hydrogen) atoms. The number of carbonyl (C=O) groups is 1. The fraction of sp³-hybridized carbons (Fsp3) is 0.188. The molecule has 0 unspecified atom stereocenters. The van der Waals surface area contributed by atoms with Gasteiger partial charge >= 0.3 is 5.97 Å². The zero-order valence-electron chi connectivity index (χ0n) is 13.1. The van der Waals surface area contributed by atoms with Crippen molar-refractivity contribution >= 4 is 21.7 Å². The van der Waals surface area contributed by atoms with Crippen LogP contribution < -0.4 is 9.04 Å². The molecule has 0 fully saturated rings. The van der Waals surface area contributed by atoms with E-state index in [-0.39, 0.29) is 16.3 Å². The number of nitrogens with zero attached hydrogens (tertiary/aromatic N) is 1. The third kappa shape index (κ3) is 3.65. The number of ether oxygens (including phenoxy) is 1. The predicted octanol–water partition coefficient (Wildman–Crippen LogP) is 2.42. The number of halogens is 1. The topological polar surface area (TPSA) is 83.9 Å². The average Bonchev–Trinajstić information content (AvgIpc) is 2.52. The van der Waals surface area contributed by atoms with Gasteiger partial charge in [-0.25, -0.2) is 12.8 Å². The van der Waals surface area contributed by atoms with Gasteiger partial charge in [-0.2, -0.15) is 0 Å². The Morgan fingerprint density at radius 2 is 1.96 bits per heavy atom. The Morgan fingerprint density at radius 1 is 1.25 bits per heavy atom. The lowest BCUT2D eigenvalue weighted by atomic mass is 10.2. The summed E-state index contributed by atoms with van der Waals surface area (Å²) < 4.78 is 44.9. The SMILES string of the molecule is COc1ccc(S(=O)(=O)N(CC(=O)O)c2cccc(C)c2)cc1F. The number of hydrogen-bond acceptors (Lipinski definition) is 4. The van der Waals surface area contributed by atoms with Gasteiger partial charge in [0.25, 0.3) is 10.0 Å². The molecule has 0 aromatic heterocycles. The third-order valence-corrected chi connectivity index (χ3v) is 5.05. The molecular weight excluding hydrogens is 337 g/mol. The maximum Gasteiger partial charge on any atom is 0.324 e. The van der Waals surface area contributed by atoms with Gasteiger partial charge in [0.15, 0.2) is 11.6 Å². The fourth-order valence-corrected chi connectivity index (χ4v) is 3.57. The van der Waals surface area contributed by atoms with E-state index in [1.165, 1.54) is 25.3 Å². The lowest BCUT2D eigenvalue weighted by Crippen LogP contribution is -2.35. The molecule has 0 saturated heterocycles. The van der Waals surface area contributed by atoms with Gasteiger partial charge in [0.2, 0.25) is 0 Å². The molecule has 0 bridgehead atoms. The minimum Gasteiger partial charge on any atom is -0.494 e. The van der Waals surface area contributed by atoms with Crippen LogP contribution in [0.15, 0.2) is 47.4 Å². The van der Waals surface area contributed by atoms with Crippen molar-refractivity contribution in [1.29, 1.82) is 0 Å². The van der Waals surface area contributed by atoms with Crippen molar-refractivity contribution in [3.63, 3.8) is 0 Å². The van der Waals surface area contributed by atoms with Gasteiger partial charge in [0.1, 0.15) is 6.54 Å². The van der Waals surface area contributed by atoms with E-state index in [1.54, 1.807) is 25.1 Å². The fourth-order valence-electron chi connectivity index (χ4n) is 2.16. The van der Waals surface area contributed by atoms with Crippen LogP contribution in [-0.4, -0.2) is 33.1 Å². The first kappa shape index (κ1) is 17.7. The van der Waals surface area contributed by atoms with E-state index < -0.39 is 28.4 Å². The summed E-state index contributed by atoms with van der Waals surface area (Å²) in [5.41, 5.74) is 0.952. The zero-order chi connectivity index (χ0) is 17.9. The molecule has 0 radical (unpaired) electrons. The molecule has 0 saturated carbocycles. The monoisotopic (exact) mass is 353 g/mol. The number of methoxy groups -OCH3 is 1. The van der Waals surface area contributed by atoms with Gasteiger partial charge in [-0.15, -0.1) is 0 Å². The Labute approximate surface area is 139 Å². The van der Waals surface area contributed by atoms with Crippen LogP contribution >= 0.6 is 0 Å². The number of anilines is 1. The minimum absolute atomic E-state index is 0.103. The lowest BCUT2D eigenvalue weighted by molar-refractivity contribution is -0.135. The first-order chi connectivity index (χ1) is 11.3. The van der Waals surface area contributed by atoms with Crippen LogP contribution in [0.25, 0.3) is 0 Å². The van der Waals surface area contributed by atoms with E-state index in [9.17, 15) is 17.6 Å². The van der Waals surface area contributed by atoms with Crippen molar-refractivity contribution < 1.29 is 27.4 Å². The largest absolute Gasteiger partial charge is 0.494 e. The van der Waals surface area contributed by atoms with Crippen LogP contribution in [0.3, 0.4) is 0 Å². The summed E-state index contributed by atoms with van der Waals surface area (Å²) in [4.78, 5) is 10.8. The van der Waals surface area contributed by atoms with E-state index in [2.05, 4.69) is 0 Å². The van der Waals surface area contributed by atoms with E-state index in [0.717, 1.165) is 15.9 Å². The highest BCUT2D eigenvalue weighted by atomic mass is 32.2. The number of carboxylic acid groups (broad SMARTS) is 1. The van der Waals surface area contributed by atoms with Crippen molar-refractivity contribution in [3.8, 4) is 5.75 Å². The molecule has 2 aromatic carbocycles. The highest BCUT2D eigenvalue weighted by Gasteiger charge is 2.28. The van der Waals surface area contributed by atoms with Crippen LogP contribution in [0.4, 0.5) is 10.1 Å². The quantitative estimate of drug-likeness (QED) is 0.862. The molecule has 2 aromatic rings. The van der Waals surface area contributed by atoms with Crippen molar-refractivity contribution in [2.45, 2.75) is 11.8 Å². The zero-order valence-corrected chi connectivity index (χ0v) is 13.9. The maximum atomic E-state index is 13.8. The van der Waals surface area contributed by atoms with Crippen LogP contribution in [0.5, 0.6) is 5.75 Å². The van der Waals surface area contributed by atoms with E-state index in [4.69, 9.17) is 9.84 Å². The van der Waals surface area contributed by atoms with Gasteiger partial charge in [-0.3, -0.25) is 9.10 Å². The average molecular weight is 353 g/mol. The molecule has 0 aliphatic carbocycles. The van der Waals surface area contributed by atoms with Gasteiger partial charge in [-0.05, 0) is 42.8 Å². The summed E-state index contributed by atoms with van der Waals surface area (Å²) in [5.74, 6) is -2.28. The maximum absolute atomic E-state index is 13.8. The molecule has 0 aliphatic rings. The first-order valence-corrected chi connectivity index (χ1v) is 8.34. The summed E-state index contributed by atoms with van der Waals surface area (Å²) >= 11 is 0. The molecule has 0 amide bonds. The standard InChI is InChI=1S/C16H16FNO5S/c1-11-4-3-5-12(8-11)18(10-16(19)20)24(21,22)13-6-7-15(23-2)14(17)9-13/h3-9H,10H2,1-2H3,(H,19,20). The van der Waals surface area contributed by atoms with Crippen LogP contribution in [0.2, 0.25) is 0 Å². The van der Waals surface area contributed by atoms with Crippen molar-refractivity contribution in [1.82, 2.24) is 0 Å². The summed E-state index contributed by atoms with van der Waals surface area (Å²) in [5, 5.41) is 9.06. The second kappa shape index (κ2) is 6.88. The molecule has 1 N–H and O–H groups in total. The number of rotatable bonds is 6. The Bertz CT molecular complexity index is 867. The Morgan fingerprint density at radius 3 is 2.50 bits per heavy atom. The van der Waals surface area contributed by atoms with Gasteiger partial charge in [0, 0.05) is 0 Å². The number of sulfonamides is 1. The molecule has 8 heteroatoms. The molecule has 0 spiro atoms. The highest BCUT2D eigenvalue weighted by Crippen LogP contribution is 2.27. The molecule has 2 rings (SSSR count). The number of hydrogen-bond donors (Lipinski definition) is 1. The number of aryl methyl sites for hydroxylation is 1. The minimum atomic E-state index is -4.26.